The van der Waals surface area contributed by atoms with Crippen molar-refractivity contribution >= 4 is 17.3 Å². The highest BCUT2D eigenvalue weighted by Gasteiger charge is 2.10. The topological polar surface area (TPSA) is 100 Å². The number of hydrazine groups is 1. The van der Waals surface area contributed by atoms with Crippen LogP contribution in [0.15, 0.2) is 30.3 Å². The molecule has 0 atom stereocenters. The van der Waals surface area contributed by atoms with Gasteiger partial charge < -0.3 is 15.1 Å². The highest BCUT2D eigenvalue weighted by molar-refractivity contribution is 5.63. The van der Waals surface area contributed by atoms with Gasteiger partial charge in [0, 0.05) is 25.9 Å². The first kappa shape index (κ1) is 14.7. The van der Waals surface area contributed by atoms with Crippen LogP contribution in [0.4, 0.5) is 17.3 Å². The Bertz CT molecular complexity index is 667. The van der Waals surface area contributed by atoms with E-state index in [2.05, 4.69) is 21.5 Å². The Hall–Kier alpha value is -2.69. The standard InChI is InChI=1S/C14H16N6O/c1-20(11-5-3-4-10(6-11)8-15)14-7-12(19-16)17-13(18-14)9-21-2/h3-7H,9,16H2,1-2H3,(H,17,18,19). The van der Waals surface area contributed by atoms with Gasteiger partial charge >= 0.3 is 0 Å². The molecule has 0 spiro atoms. The van der Waals surface area contributed by atoms with Gasteiger partial charge in [0.15, 0.2) is 5.82 Å². The fourth-order valence-corrected chi connectivity index (χ4v) is 1.84. The van der Waals surface area contributed by atoms with E-state index in [1.54, 1.807) is 25.3 Å². The zero-order valence-corrected chi connectivity index (χ0v) is 11.9. The summed E-state index contributed by atoms with van der Waals surface area (Å²) in [4.78, 5) is 10.5. The van der Waals surface area contributed by atoms with Crippen molar-refractivity contribution in [2.24, 2.45) is 5.84 Å². The summed E-state index contributed by atoms with van der Waals surface area (Å²) >= 11 is 0. The van der Waals surface area contributed by atoms with Crippen LogP contribution in [0.2, 0.25) is 0 Å². The van der Waals surface area contributed by atoms with Gasteiger partial charge in [-0.1, -0.05) is 6.07 Å². The van der Waals surface area contributed by atoms with Gasteiger partial charge in [-0.3, -0.25) is 0 Å². The van der Waals surface area contributed by atoms with Crippen molar-refractivity contribution in [1.82, 2.24) is 9.97 Å². The Morgan fingerprint density at radius 3 is 2.86 bits per heavy atom. The number of benzene rings is 1. The molecule has 0 bridgehead atoms. The van der Waals surface area contributed by atoms with E-state index in [4.69, 9.17) is 15.8 Å². The maximum Gasteiger partial charge on any atom is 0.158 e. The third-order valence-corrected chi connectivity index (χ3v) is 2.89. The summed E-state index contributed by atoms with van der Waals surface area (Å²) in [5, 5.41) is 8.97. The first-order valence-corrected chi connectivity index (χ1v) is 6.25. The number of ether oxygens (including phenoxy) is 1. The normalized spacial score (nSPS) is 10.0. The van der Waals surface area contributed by atoms with E-state index < -0.39 is 0 Å². The molecule has 2 aromatic rings. The fraction of sp³-hybridized carbons (Fsp3) is 0.214. The fourth-order valence-electron chi connectivity index (χ4n) is 1.84. The molecule has 0 saturated heterocycles. The second kappa shape index (κ2) is 6.65. The predicted molar refractivity (Wildman–Crippen MR) is 79.8 cm³/mol. The first-order valence-electron chi connectivity index (χ1n) is 6.25. The van der Waals surface area contributed by atoms with Crippen molar-refractivity contribution in [3.05, 3.63) is 41.7 Å². The molecule has 0 fully saturated rings. The number of anilines is 3. The Balaban J connectivity index is 2.39. The maximum absolute atomic E-state index is 8.97. The second-order valence-corrected chi connectivity index (χ2v) is 4.33. The molecule has 0 unspecified atom stereocenters. The summed E-state index contributed by atoms with van der Waals surface area (Å²) in [5.41, 5.74) is 3.94. The lowest BCUT2D eigenvalue weighted by molar-refractivity contribution is 0.178. The van der Waals surface area contributed by atoms with Crippen LogP contribution < -0.4 is 16.2 Å². The van der Waals surface area contributed by atoms with Crippen molar-refractivity contribution < 1.29 is 4.74 Å². The Morgan fingerprint density at radius 2 is 2.19 bits per heavy atom. The van der Waals surface area contributed by atoms with Gasteiger partial charge in [0.1, 0.15) is 18.2 Å². The van der Waals surface area contributed by atoms with Crippen LogP contribution in [-0.4, -0.2) is 24.1 Å². The van der Waals surface area contributed by atoms with E-state index in [1.807, 2.05) is 24.1 Å². The average molecular weight is 284 g/mol. The van der Waals surface area contributed by atoms with Gasteiger partial charge in [-0.25, -0.2) is 15.8 Å². The van der Waals surface area contributed by atoms with Gasteiger partial charge in [-0.15, -0.1) is 0 Å². The van der Waals surface area contributed by atoms with Gasteiger partial charge in [-0.05, 0) is 18.2 Å². The number of methoxy groups -OCH3 is 1. The number of nitrogen functional groups attached to an aromatic ring is 1. The summed E-state index contributed by atoms with van der Waals surface area (Å²) < 4.78 is 5.05. The number of nitrogens with zero attached hydrogens (tertiary/aromatic N) is 4. The van der Waals surface area contributed by atoms with Crippen LogP contribution in [0.25, 0.3) is 0 Å². The quantitative estimate of drug-likeness (QED) is 0.634. The van der Waals surface area contributed by atoms with Crippen LogP contribution in [-0.2, 0) is 11.3 Å². The van der Waals surface area contributed by atoms with Crippen LogP contribution in [0.5, 0.6) is 0 Å². The van der Waals surface area contributed by atoms with Crippen molar-refractivity contribution in [3.63, 3.8) is 0 Å². The molecule has 7 nitrogen and oxygen atoms in total. The first-order chi connectivity index (χ1) is 10.2. The lowest BCUT2D eigenvalue weighted by Crippen LogP contribution is -2.16. The van der Waals surface area contributed by atoms with Crippen molar-refractivity contribution in [3.8, 4) is 6.07 Å². The van der Waals surface area contributed by atoms with Gasteiger partial charge in [-0.2, -0.15) is 5.26 Å². The summed E-state index contributed by atoms with van der Waals surface area (Å²) in [6.07, 6.45) is 0. The number of aromatic nitrogens is 2. The minimum atomic E-state index is 0.286. The molecule has 1 aromatic carbocycles. The highest BCUT2D eigenvalue weighted by Crippen LogP contribution is 2.24. The summed E-state index contributed by atoms with van der Waals surface area (Å²) in [6.45, 7) is 0.286. The number of nitriles is 1. The number of hydrogen-bond donors (Lipinski definition) is 2. The Labute approximate surface area is 123 Å². The molecule has 0 radical (unpaired) electrons. The summed E-state index contributed by atoms with van der Waals surface area (Å²) in [7, 11) is 3.43. The average Bonchev–Trinajstić information content (AvgIpc) is 2.54. The molecule has 1 heterocycles. The molecule has 3 N–H and O–H groups in total. The van der Waals surface area contributed by atoms with Crippen LogP contribution in [0.3, 0.4) is 0 Å². The zero-order valence-electron chi connectivity index (χ0n) is 11.9. The molecule has 0 aliphatic carbocycles. The van der Waals surface area contributed by atoms with Crippen molar-refractivity contribution in [1.29, 1.82) is 5.26 Å². The summed E-state index contributed by atoms with van der Waals surface area (Å²) in [6, 6.07) is 11.1. The Kier molecular flexibility index (Phi) is 4.66. The third-order valence-electron chi connectivity index (χ3n) is 2.89. The molecule has 0 aliphatic heterocycles. The molecule has 2 rings (SSSR count). The monoisotopic (exact) mass is 284 g/mol. The maximum atomic E-state index is 8.97. The predicted octanol–water partition coefficient (Wildman–Crippen LogP) is 1.55. The molecule has 1 aromatic heterocycles. The smallest absolute Gasteiger partial charge is 0.158 e. The van der Waals surface area contributed by atoms with Crippen LogP contribution >= 0.6 is 0 Å². The van der Waals surface area contributed by atoms with Crippen molar-refractivity contribution in [2.45, 2.75) is 6.61 Å². The van der Waals surface area contributed by atoms with Gasteiger partial charge in [0.05, 0.1) is 11.6 Å². The van der Waals surface area contributed by atoms with E-state index in [-0.39, 0.29) is 6.61 Å². The second-order valence-electron chi connectivity index (χ2n) is 4.33. The zero-order chi connectivity index (χ0) is 15.2. The van der Waals surface area contributed by atoms with E-state index in [0.29, 0.717) is 23.0 Å². The molecule has 0 amide bonds. The molecular weight excluding hydrogens is 268 g/mol. The number of nitrogens with two attached hydrogens (primary N) is 1. The molecule has 108 valence electrons. The number of rotatable bonds is 5. The van der Waals surface area contributed by atoms with E-state index in [0.717, 1.165) is 5.69 Å². The number of nitrogens with one attached hydrogen (secondary N) is 1. The summed E-state index contributed by atoms with van der Waals surface area (Å²) in [5.74, 6) is 7.09. The Morgan fingerprint density at radius 1 is 1.38 bits per heavy atom. The molecule has 21 heavy (non-hydrogen) atoms. The van der Waals surface area contributed by atoms with E-state index >= 15 is 0 Å². The molecule has 0 aliphatic rings. The van der Waals surface area contributed by atoms with Crippen LogP contribution in [0.1, 0.15) is 11.4 Å². The lowest BCUT2D eigenvalue weighted by Gasteiger charge is -2.19. The molecule has 0 saturated carbocycles. The minimum Gasteiger partial charge on any atom is -0.377 e. The highest BCUT2D eigenvalue weighted by atomic mass is 16.5. The van der Waals surface area contributed by atoms with E-state index in [1.165, 1.54) is 0 Å². The van der Waals surface area contributed by atoms with Crippen molar-refractivity contribution in [2.75, 3.05) is 24.5 Å². The number of hydrogen-bond acceptors (Lipinski definition) is 7. The SMILES string of the molecule is COCc1nc(NN)cc(N(C)c2cccc(C#N)c2)n1. The molecular formula is C14H16N6O. The van der Waals surface area contributed by atoms with Gasteiger partial charge in [0.25, 0.3) is 0 Å². The lowest BCUT2D eigenvalue weighted by atomic mass is 10.2. The third kappa shape index (κ3) is 3.45. The van der Waals surface area contributed by atoms with E-state index in [9.17, 15) is 0 Å². The largest absolute Gasteiger partial charge is 0.377 e. The van der Waals surface area contributed by atoms with Crippen LogP contribution in [0, 0.1) is 11.3 Å². The molecule has 7 heteroatoms. The van der Waals surface area contributed by atoms with Gasteiger partial charge in [0.2, 0.25) is 0 Å². The minimum absolute atomic E-state index is 0.286.